The van der Waals surface area contributed by atoms with Crippen LogP contribution in [0.15, 0.2) is 42.5 Å². The van der Waals surface area contributed by atoms with Crippen molar-refractivity contribution in [2.45, 2.75) is 51.5 Å². The van der Waals surface area contributed by atoms with Crippen LogP contribution in [0.1, 0.15) is 57.1 Å². The first-order chi connectivity index (χ1) is 12.9. The van der Waals surface area contributed by atoms with Crippen molar-refractivity contribution in [1.82, 2.24) is 5.32 Å². The number of fused-ring (bicyclic) bond motifs is 1. The molecule has 1 amide bonds. The van der Waals surface area contributed by atoms with Crippen LogP contribution >= 0.6 is 7.82 Å². The molecule has 2 aromatic carbocycles. The largest absolute Gasteiger partial charge is 1.00 e. The van der Waals surface area contributed by atoms with Crippen molar-refractivity contribution in [2.75, 3.05) is 6.61 Å². The summed E-state index contributed by atoms with van der Waals surface area (Å²) < 4.78 is 15.4. The number of phosphoric ester groups is 1. The molecule has 0 spiro atoms. The predicted molar refractivity (Wildman–Crippen MR) is 102 cm³/mol. The fourth-order valence-electron chi connectivity index (χ4n) is 3.08. The van der Waals surface area contributed by atoms with Crippen LogP contribution in [0.2, 0.25) is 0 Å². The normalized spacial score (nSPS) is 12.0. The number of carbonyl (C=O) groups is 1. The molecule has 0 saturated carbocycles. The number of hydrogen-bond acceptors (Lipinski definition) is 5. The summed E-state index contributed by atoms with van der Waals surface area (Å²) in [5.74, 6) is -0.181. The van der Waals surface area contributed by atoms with Crippen LogP contribution in [-0.2, 0) is 13.9 Å². The van der Waals surface area contributed by atoms with Crippen LogP contribution in [0.25, 0.3) is 10.8 Å². The summed E-state index contributed by atoms with van der Waals surface area (Å²) in [5, 5.41) is 4.66. The zero-order valence-electron chi connectivity index (χ0n) is 17.6. The second kappa shape index (κ2) is 15.1. The van der Waals surface area contributed by atoms with Crippen LogP contribution < -0.4 is 74.2 Å². The molecule has 0 aromatic heterocycles. The third-order valence-corrected chi connectivity index (χ3v) is 4.91. The monoisotopic (exact) mass is 437 g/mol. The molecule has 0 heterocycles. The maximum absolute atomic E-state index is 12.3. The quantitative estimate of drug-likeness (QED) is 0.233. The number of phosphoric acid groups is 1. The van der Waals surface area contributed by atoms with Gasteiger partial charge in [0.05, 0.1) is 20.5 Å². The molecule has 0 aliphatic heterocycles. The first-order valence-corrected chi connectivity index (χ1v) is 10.8. The zero-order valence-corrected chi connectivity index (χ0v) is 22.5. The van der Waals surface area contributed by atoms with Crippen molar-refractivity contribution in [3.63, 3.8) is 0 Å². The van der Waals surface area contributed by atoms with E-state index in [4.69, 9.17) is 0 Å². The summed E-state index contributed by atoms with van der Waals surface area (Å²) in [6.45, 7) is 1.71. The number of benzene rings is 2. The van der Waals surface area contributed by atoms with E-state index in [0.717, 1.165) is 48.4 Å². The van der Waals surface area contributed by atoms with Crippen molar-refractivity contribution < 1.29 is 82.8 Å². The van der Waals surface area contributed by atoms with Crippen LogP contribution in [0.3, 0.4) is 0 Å². The van der Waals surface area contributed by atoms with Crippen LogP contribution in [0.4, 0.5) is 0 Å². The number of amides is 1. The molecule has 2 aromatic rings. The second-order valence-electron chi connectivity index (χ2n) is 6.60. The van der Waals surface area contributed by atoms with Crippen LogP contribution in [0, 0.1) is 0 Å². The number of nitrogens with one attached hydrogen (secondary N) is 1. The van der Waals surface area contributed by atoms with Crippen molar-refractivity contribution in [3.05, 3.63) is 48.0 Å². The van der Waals surface area contributed by atoms with Gasteiger partial charge in [-0.1, -0.05) is 75.1 Å². The minimum Gasteiger partial charge on any atom is -0.790 e. The summed E-state index contributed by atoms with van der Waals surface area (Å²) >= 11 is 0. The molecule has 6 nitrogen and oxygen atoms in total. The average molecular weight is 437 g/mol. The maximum Gasteiger partial charge on any atom is 1.00 e. The van der Waals surface area contributed by atoms with Crippen molar-refractivity contribution in [2.24, 2.45) is 0 Å². The van der Waals surface area contributed by atoms with E-state index in [-0.39, 0.29) is 65.0 Å². The van der Waals surface area contributed by atoms with E-state index in [9.17, 15) is 19.1 Å². The van der Waals surface area contributed by atoms with Crippen molar-refractivity contribution in [1.29, 1.82) is 0 Å². The van der Waals surface area contributed by atoms with Gasteiger partial charge in [-0.2, -0.15) is 0 Å². The van der Waals surface area contributed by atoms with E-state index in [1.54, 1.807) is 6.07 Å². The molecule has 0 bridgehead atoms. The van der Waals surface area contributed by atoms with E-state index >= 15 is 0 Å². The fraction of sp³-hybridized carbons (Fsp3) is 0.450. The van der Waals surface area contributed by atoms with Gasteiger partial charge in [0.2, 0.25) is 5.91 Å². The Morgan fingerprint density at radius 3 is 2.38 bits per heavy atom. The molecule has 1 atom stereocenters. The minimum atomic E-state index is -5.13. The van der Waals surface area contributed by atoms with Gasteiger partial charge in [-0.25, -0.2) is 0 Å². The smallest absolute Gasteiger partial charge is 0.790 e. The Labute approximate surface area is 217 Å². The Hall–Kier alpha value is 0.280. The van der Waals surface area contributed by atoms with Gasteiger partial charge in [0.15, 0.2) is 0 Å². The van der Waals surface area contributed by atoms with E-state index in [0.29, 0.717) is 6.42 Å². The molecule has 2 rings (SSSR count). The third-order valence-electron chi connectivity index (χ3n) is 4.44. The first-order valence-electron chi connectivity index (χ1n) is 9.34. The number of hydrogen-bond donors (Lipinski definition) is 1. The Morgan fingerprint density at radius 1 is 1.03 bits per heavy atom. The van der Waals surface area contributed by atoms with Gasteiger partial charge in [0.25, 0.3) is 0 Å². The molecule has 0 fully saturated rings. The van der Waals surface area contributed by atoms with Gasteiger partial charge in [-0.15, -0.1) is 0 Å². The molecule has 0 radical (unpaired) electrons. The molecular formula is C20H26NNa2O5P. The Bertz CT molecular complexity index is 794. The molecule has 9 heteroatoms. The molecular weight excluding hydrogens is 411 g/mol. The van der Waals surface area contributed by atoms with Gasteiger partial charge in [0, 0.05) is 6.42 Å². The van der Waals surface area contributed by atoms with E-state index in [1.165, 1.54) is 0 Å². The molecule has 29 heavy (non-hydrogen) atoms. The van der Waals surface area contributed by atoms with Gasteiger partial charge in [-0.3, -0.25) is 4.79 Å². The molecule has 148 valence electrons. The SMILES string of the molecule is CCCCCCCC(=O)NC(COP(=O)([O-])[O-])c1cccc2ccccc12.[Na+].[Na+]. The van der Waals surface area contributed by atoms with Gasteiger partial charge >= 0.3 is 59.1 Å². The van der Waals surface area contributed by atoms with E-state index in [2.05, 4.69) is 16.8 Å². The van der Waals surface area contributed by atoms with E-state index in [1.807, 2.05) is 36.4 Å². The summed E-state index contributed by atoms with van der Waals surface area (Å²) in [6.07, 6.45) is 5.49. The standard InChI is InChI=1S/C20H28NO5P.2Na/c1-2-3-4-5-6-14-20(22)21-19(15-26-27(23,24)25)18-13-9-11-16-10-7-8-12-17(16)18;;/h7-13,19H,2-6,14-15H2,1H3,(H,21,22)(H2,23,24,25);;/q;2*+1/p-2. The fourth-order valence-corrected chi connectivity index (χ4v) is 3.42. The summed E-state index contributed by atoms with van der Waals surface area (Å²) in [7, 11) is -5.13. The summed E-state index contributed by atoms with van der Waals surface area (Å²) in [6, 6.07) is 12.4. The van der Waals surface area contributed by atoms with Gasteiger partial charge in [0.1, 0.15) is 0 Å². The van der Waals surface area contributed by atoms with Crippen molar-refractivity contribution >= 4 is 24.5 Å². The number of unbranched alkanes of at least 4 members (excludes halogenated alkanes) is 4. The van der Waals surface area contributed by atoms with Crippen LogP contribution in [-0.4, -0.2) is 12.5 Å². The average Bonchev–Trinajstić information content (AvgIpc) is 2.64. The van der Waals surface area contributed by atoms with E-state index < -0.39 is 20.5 Å². The summed E-state index contributed by atoms with van der Waals surface area (Å²) in [4.78, 5) is 34.2. The molecule has 1 N–H and O–H groups in total. The molecule has 0 aliphatic rings. The molecule has 1 unspecified atom stereocenters. The molecule has 0 aliphatic carbocycles. The molecule has 0 saturated heterocycles. The van der Waals surface area contributed by atoms with Crippen LogP contribution in [0.5, 0.6) is 0 Å². The maximum atomic E-state index is 12.3. The Balaban J connectivity index is 0.00000392. The number of carbonyl (C=O) groups excluding carboxylic acids is 1. The second-order valence-corrected chi connectivity index (χ2v) is 7.75. The first kappa shape index (κ1) is 29.3. The topological polar surface area (TPSA) is 102 Å². The van der Waals surface area contributed by atoms with Gasteiger partial charge in [-0.05, 0) is 22.8 Å². The third kappa shape index (κ3) is 10.9. The van der Waals surface area contributed by atoms with Gasteiger partial charge < -0.3 is 24.2 Å². The predicted octanol–water partition coefficient (Wildman–Crippen LogP) is -2.79. The Kier molecular flexibility index (Phi) is 15.3. The Morgan fingerprint density at radius 2 is 1.69 bits per heavy atom. The minimum absolute atomic E-state index is 0. The zero-order chi connectivity index (χ0) is 19.7. The number of rotatable bonds is 11. The summed E-state index contributed by atoms with van der Waals surface area (Å²) in [5.41, 5.74) is 0.723. The van der Waals surface area contributed by atoms with Crippen molar-refractivity contribution in [3.8, 4) is 0 Å².